The van der Waals surface area contributed by atoms with Crippen LogP contribution >= 0.6 is 0 Å². The van der Waals surface area contributed by atoms with Crippen LogP contribution in [0.15, 0.2) is 0 Å². The van der Waals surface area contributed by atoms with Gasteiger partial charge in [0.15, 0.2) is 0 Å². The van der Waals surface area contributed by atoms with Crippen LogP contribution in [-0.2, 0) is 4.79 Å². The summed E-state index contributed by atoms with van der Waals surface area (Å²) < 4.78 is 13.3. The summed E-state index contributed by atoms with van der Waals surface area (Å²) in [4.78, 5) is 13.0. The summed E-state index contributed by atoms with van der Waals surface area (Å²) in [6.07, 6.45) is 0.534. The van der Waals surface area contributed by atoms with Gasteiger partial charge in [0.1, 0.15) is 5.67 Å². The highest BCUT2D eigenvalue weighted by Crippen LogP contribution is 2.23. The molecule has 13 heavy (non-hydrogen) atoms. The Kier molecular flexibility index (Phi) is 3.25. The van der Waals surface area contributed by atoms with E-state index < -0.39 is 5.67 Å². The van der Waals surface area contributed by atoms with Crippen LogP contribution in [0.2, 0.25) is 0 Å². The zero-order chi connectivity index (χ0) is 9.90. The molecule has 1 aliphatic rings. The van der Waals surface area contributed by atoms with E-state index >= 15 is 0 Å². The summed E-state index contributed by atoms with van der Waals surface area (Å²) in [7, 11) is 0. The first-order valence-electron chi connectivity index (χ1n) is 4.71. The van der Waals surface area contributed by atoms with Gasteiger partial charge in [-0.15, -0.1) is 0 Å². The molecule has 0 aliphatic carbocycles. The SMILES string of the molecule is CCNC(=O)CN1CCC(C)(F)C1. The molecule has 1 atom stereocenters. The number of hydrogen-bond donors (Lipinski definition) is 1. The smallest absolute Gasteiger partial charge is 0.234 e. The zero-order valence-corrected chi connectivity index (χ0v) is 8.27. The standard InChI is InChI=1S/C9H17FN2O/c1-3-11-8(13)6-12-5-4-9(2,10)7-12/h3-7H2,1-2H3,(H,11,13). The largest absolute Gasteiger partial charge is 0.355 e. The highest BCUT2D eigenvalue weighted by Gasteiger charge is 2.33. The normalized spacial score (nSPS) is 29.2. The molecule has 0 bridgehead atoms. The molecule has 3 nitrogen and oxygen atoms in total. The first kappa shape index (κ1) is 10.4. The van der Waals surface area contributed by atoms with E-state index in [2.05, 4.69) is 5.32 Å². The van der Waals surface area contributed by atoms with Crippen molar-refractivity contribution in [2.75, 3.05) is 26.2 Å². The molecule has 76 valence electrons. The summed E-state index contributed by atoms with van der Waals surface area (Å²) in [5.74, 6) is -0.0137. The van der Waals surface area contributed by atoms with E-state index in [9.17, 15) is 9.18 Å². The Morgan fingerprint density at radius 2 is 2.38 bits per heavy atom. The van der Waals surface area contributed by atoms with E-state index in [1.807, 2.05) is 11.8 Å². The van der Waals surface area contributed by atoms with Gasteiger partial charge in [-0.2, -0.15) is 0 Å². The number of likely N-dealkylation sites (tertiary alicyclic amines) is 1. The zero-order valence-electron chi connectivity index (χ0n) is 8.27. The number of alkyl halides is 1. The first-order valence-corrected chi connectivity index (χ1v) is 4.71. The van der Waals surface area contributed by atoms with Gasteiger partial charge in [-0.05, 0) is 20.3 Å². The van der Waals surface area contributed by atoms with Crippen LogP contribution in [0.25, 0.3) is 0 Å². The number of carbonyl (C=O) groups excluding carboxylic acids is 1. The van der Waals surface area contributed by atoms with Crippen molar-refractivity contribution in [3.8, 4) is 0 Å². The summed E-state index contributed by atoms with van der Waals surface area (Å²) >= 11 is 0. The van der Waals surface area contributed by atoms with E-state index in [1.54, 1.807) is 6.92 Å². The minimum Gasteiger partial charge on any atom is -0.355 e. The predicted molar refractivity (Wildman–Crippen MR) is 49.3 cm³/mol. The molecule has 1 fully saturated rings. The Balaban J connectivity index is 2.28. The van der Waals surface area contributed by atoms with Gasteiger partial charge in [0.25, 0.3) is 0 Å². The fraction of sp³-hybridized carbons (Fsp3) is 0.889. The van der Waals surface area contributed by atoms with Crippen LogP contribution < -0.4 is 5.32 Å². The number of rotatable bonds is 3. The average molecular weight is 188 g/mol. The number of likely N-dealkylation sites (N-methyl/N-ethyl adjacent to an activating group) is 1. The lowest BCUT2D eigenvalue weighted by atomic mass is 10.1. The molecule has 1 heterocycles. The highest BCUT2D eigenvalue weighted by atomic mass is 19.1. The number of halogens is 1. The fourth-order valence-corrected chi connectivity index (χ4v) is 1.61. The van der Waals surface area contributed by atoms with Crippen molar-refractivity contribution in [3.05, 3.63) is 0 Å². The van der Waals surface area contributed by atoms with E-state index in [-0.39, 0.29) is 5.91 Å². The van der Waals surface area contributed by atoms with E-state index in [1.165, 1.54) is 0 Å². The molecule has 1 amide bonds. The minimum atomic E-state index is -1.10. The van der Waals surface area contributed by atoms with Gasteiger partial charge in [-0.3, -0.25) is 9.69 Å². The molecule has 0 radical (unpaired) electrons. The van der Waals surface area contributed by atoms with Crippen molar-refractivity contribution < 1.29 is 9.18 Å². The monoisotopic (exact) mass is 188 g/mol. The fourth-order valence-electron chi connectivity index (χ4n) is 1.61. The van der Waals surface area contributed by atoms with Crippen molar-refractivity contribution >= 4 is 5.91 Å². The average Bonchev–Trinajstić information content (AvgIpc) is 2.30. The van der Waals surface area contributed by atoms with Gasteiger partial charge in [-0.25, -0.2) is 4.39 Å². The summed E-state index contributed by atoms with van der Waals surface area (Å²) in [6, 6.07) is 0. The number of amides is 1. The van der Waals surface area contributed by atoms with Crippen LogP contribution in [0.5, 0.6) is 0 Å². The maximum absolute atomic E-state index is 13.3. The second-order valence-corrected chi connectivity index (χ2v) is 3.83. The molecule has 0 aromatic heterocycles. The van der Waals surface area contributed by atoms with Crippen LogP contribution in [0.3, 0.4) is 0 Å². The van der Waals surface area contributed by atoms with E-state index in [0.29, 0.717) is 32.6 Å². The third-order valence-corrected chi connectivity index (χ3v) is 2.24. The first-order chi connectivity index (χ1) is 6.03. The van der Waals surface area contributed by atoms with Crippen molar-refractivity contribution in [2.45, 2.75) is 25.9 Å². The molecule has 0 saturated carbocycles. The Labute approximate surface area is 78.3 Å². The van der Waals surface area contributed by atoms with Gasteiger partial charge >= 0.3 is 0 Å². The summed E-state index contributed by atoms with van der Waals surface area (Å²) in [6.45, 7) is 5.49. The van der Waals surface area contributed by atoms with Gasteiger partial charge in [0, 0.05) is 19.6 Å². The molecular weight excluding hydrogens is 171 g/mol. The number of nitrogens with one attached hydrogen (secondary N) is 1. The number of hydrogen-bond acceptors (Lipinski definition) is 2. The lowest BCUT2D eigenvalue weighted by molar-refractivity contribution is -0.121. The van der Waals surface area contributed by atoms with Gasteiger partial charge in [0.2, 0.25) is 5.91 Å². The molecule has 1 N–H and O–H groups in total. The van der Waals surface area contributed by atoms with Crippen molar-refractivity contribution in [1.29, 1.82) is 0 Å². The third-order valence-electron chi connectivity index (χ3n) is 2.24. The molecule has 0 aromatic carbocycles. The van der Waals surface area contributed by atoms with Crippen LogP contribution in [0.1, 0.15) is 20.3 Å². The second kappa shape index (κ2) is 4.05. The lowest BCUT2D eigenvalue weighted by Crippen LogP contribution is -2.37. The molecule has 1 aliphatic heterocycles. The molecule has 0 aromatic rings. The Morgan fingerprint density at radius 3 is 2.85 bits per heavy atom. The lowest BCUT2D eigenvalue weighted by Gasteiger charge is -2.16. The van der Waals surface area contributed by atoms with Crippen molar-refractivity contribution in [1.82, 2.24) is 10.2 Å². The Morgan fingerprint density at radius 1 is 1.69 bits per heavy atom. The summed E-state index contributed by atoms with van der Waals surface area (Å²) in [5, 5.41) is 2.70. The molecule has 4 heteroatoms. The quantitative estimate of drug-likeness (QED) is 0.701. The molecular formula is C9H17FN2O. The van der Waals surface area contributed by atoms with Crippen LogP contribution in [-0.4, -0.2) is 42.7 Å². The Hall–Kier alpha value is -0.640. The second-order valence-electron chi connectivity index (χ2n) is 3.83. The third kappa shape index (κ3) is 3.30. The molecule has 1 rings (SSSR count). The predicted octanol–water partition coefficient (Wildman–Crippen LogP) is 0.556. The molecule has 1 saturated heterocycles. The highest BCUT2D eigenvalue weighted by molar-refractivity contribution is 5.77. The molecule has 0 spiro atoms. The van der Waals surface area contributed by atoms with Gasteiger partial charge < -0.3 is 5.32 Å². The number of nitrogens with zero attached hydrogens (tertiary/aromatic N) is 1. The van der Waals surface area contributed by atoms with Crippen LogP contribution in [0.4, 0.5) is 4.39 Å². The summed E-state index contributed by atoms with van der Waals surface area (Å²) in [5.41, 5.74) is -1.10. The van der Waals surface area contributed by atoms with Crippen molar-refractivity contribution in [3.63, 3.8) is 0 Å². The Bertz CT molecular complexity index is 194. The topological polar surface area (TPSA) is 32.3 Å². The molecule has 1 unspecified atom stereocenters. The van der Waals surface area contributed by atoms with Crippen LogP contribution in [0, 0.1) is 0 Å². The van der Waals surface area contributed by atoms with Gasteiger partial charge in [-0.1, -0.05) is 0 Å². The number of carbonyl (C=O) groups is 1. The minimum absolute atomic E-state index is 0.0137. The van der Waals surface area contributed by atoms with Crippen molar-refractivity contribution in [2.24, 2.45) is 0 Å². The maximum atomic E-state index is 13.3. The van der Waals surface area contributed by atoms with Gasteiger partial charge in [0.05, 0.1) is 6.54 Å². The van der Waals surface area contributed by atoms with E-state index in [4.69, 9.17) is 0 Å². The van der Waals surface area contributed by atoms with E-state index in [0.717, 1.165) is 0 Å². The maximum Gasteiger partial charge on any atom is 0.234 e.